The van der Waals surface area contributed by atoms with Crippen LogP contribution in [0.25, 0.3) is 0 Å². The average molecular weight is 249 g/mol. The van der Waals surface area contributed by atoms with Crippen LogP contribution in [0.3, 0.4) is 0 Å². The van der Waals surface area contributed by atoms with Gasteiger partial charge in [-0.05, 0) is 31.4 Å². The first kappa shape index (κ1) is 12.7. The van der Waals surface area contributed by atoms with E-state index in [1.54, 1.807) is 0 Å². The molecule has 1 aliphatic heterocycles. The van der Waals surface area contributed by atoms with Gasteiger partial charge in [0.05, 0.1) is 18.3 Å². The molecule has 1 aromatic rings. The Kier molecular flexibility index (Phi) is 3.72. The first-order valence-electron chi connectivity index (χ1n) is 6.14. The second kappa shape index (κ2) is 5.27. The van der Waals surface area contributed by atoms with Gasteiger partial charge in [-0.3, -0.25) is 0 Å². The van der Waals surface area contributed by atoms with Crippen LogP contribution in [0.2, 0.25) is 0 Å². The van der Waals surface area contributed by atoms with E-state index in [0.29, 0.717) is 0 Å². The predicted octanol–water partition coefficient (Wildman–Crippen LogP) is 1.05. The van der Waals surface area contributed by atoms with Crippen molar-refractivity contribution in [2.75, 3.05) is 18.1 Å². The van der Waals surface area contributed by atoms with E-state index in [-0.39, 0.29) is 18.5 Å². The van der Waals surface area contributed by atoms with Crippen LogP contribution >= 0.6 is 0 Å². The van der Waals surface area contributed by atoms with Crippen molar-refractivity contribution in [1.29, 1.82) is 0 Å². The molecule has 98 valence electrons. The summed E-state index contributed by atoms with van der Waals surface area (Å²) in [5.74, 6) is 0.109. The molecule has 1 aromatic carbocycles. The molecule has 0 bridgehead atoms. The first-order chi connectivity index (χ1) is 8.69. The fourth-order valence-electron chi connectivity index (χ4n) is 2.62. The molecule has 0 aromatic heterocycles. The standard InChI is InChI=1S/C13H19N3O2/c1-9-4-2-6-11(13(14)15-18)12(9)16-7-3-5-10(16)8-17/h2,4,6,10,17-18H,3,5,7-8H2,1H3,(H2,14,15). The van der Waals surface area contributed by atoms with Crippen molar-refractivity contribution >= 4 is 11.5 Å². The maximum absolute atomic E-state index is 9.42. The van der Waals surface area contributed by atoms with Crippen LogP contribution in [0.5, 0.6) is 0 Å². The molecule has 18 heavy (non-hydrogen) atoms. The quantitative estimate of drug-likeness (QED) is 0.324. The van der Waals surface area contributed by atoms with Gasteiger partial charge in [0.15, 0.2) is 5.84 Å². The second-order valence-electron chi connectivity index (χ2n) is 4.63. The minimum atomic E-state index is 0.109. The lowest BCUT2D eigenvalue weighted by atomic mass is 10.0. The van der Waals surface area contributed by atoms with Crippen LogP contribution in [0.15, 0.2) is 23.4 Å². The molecular weight excluding hydrogens is 230 g/mol. The number of aryl methyl sites for hydroxylation is 1. The van der Waals surface area contributed by atoms with Gasteiger partial charge in [0.2, 0.25) is 0 Å². The van der Waals surface area contributed by atoms with Crippen LogP contribution in [0.1, 0.15) is 24.0 Å². The molecule has 0 saturated carbocycles. The fraction of sp³-hybridized carbons (Fsp3) is 0.462. The van der Waals surface area contributed by atoms with Gasteiger partial charge in [0.25, 0.3) is 0 Å². The number of nitrogens with two attached hydrogens (primary N) is 1. The average Bonchev–Trinajstić information content (AvgIpc) is 2.85. The number of anilines is 1. The molecule has 1 atom stereocenters. The molecule has 0 spiro atoms. The summed E-state index contributed by atoms with van der Waals surface area (Å²) in [7, 11) is 0. The molecule has 1 heterocycles. The first-order valence-corrected chi connectivity index (χ1v) is 6.14. The van der Waals surface area contributed by atoms with E-state index in [0.717, 1.165) is 36.2 Å². The largest absolute Gasteiger partial charge is 0.409 e. The summed E-state index contributed by atoms with van der Waals surface area (Å²) in [4.78, 5) is 2.16. The molecular formula is C13H19N3O2. The summed E-state index contributed by atoms with van der Waals surface area (Å²) in [6, 6.07) is 5.84. The lowest BCUT2D eigenvalue weighted by molar-refractivity contribution is 0.266. The molecule has 1 saturated heterocycles. The lowest BCUT2D eigenvalue weighted by Crippen LogP contribution is -2.34. The van der Waals surface area contributed by atoms with Crippen LogP contribution in [-0.2, 0) is 0 Å². The minimum absolute atomic E-state index is 0.109. The highest BCUT2D eigenvalue weighted by Gasteiger charge is 2.27. The van der Waals surface area contributed by atoms with Crippen molar-refractivity contribution in [2.45, 2.75) is 25.8 Å². The van der Waals surface area contributed by atoms with Gasteiger partial charge in [-0.25, -0.2) is 0 Å². The number of hydrogen-bond acceptors (Lipinski definition) is 4. The number of hydrogen-bond donors (Lipinski definition) is 3. The Labute approximate surface area is 107 Å². The molecule has 0 radical (unpaired) electrons. The number of aliphatic hydroxyl groups excluding tert-OH is 1. The van der Waals surface area contributed by atoms with Crippen LogP contribution in [0.4, 0.5) is 5.69 Å². The van der Waals surface area contributed by atoms with E-state index in [2.05, 4.69) is 10.1 Å². The normalized spacial score (nSPS) is 20.4. The summed E-state index contributed by atoms with van der Waals surface area (Å²) in [5.41, 5.74) is 8.48. The highest BCUT2D eigenvalue weighted by atomic mass is 16.4. The second-order valence-corrected chi connectivity index (χ2v) is 4.63. The number of oxime groups is 1. The Morgan fingerprint density at radius 3 is 3.00 bits per heavy atom. The Morgan fingerprint density at radius 2 is 2.33 bits per heavy atom. The zero-order valence-corrected chi connectivity index (χ0v) is 10.5. The van der Waals surface area contributed by atoms with Gasteiger partial charge in [0, 0.05) is 12.1 Å². The van der Waals surface area contributed by atoms with Crippen molar-refractivity contribution in [3.8, 4) is 0 Å². The molecule has 1 unspecified atom stereocenters. The van der Waals surface area contributed by atoms with Crippen molar-refractivity contribution < 1.29 is 10.3 Å². The summed E-state index contributed by atoms with van der Waals surface area (Å²) >= 11 is 0. The van der Waals surface area contributed by atoms with Crippen LogP contribution in [-0.4, -0.2) is 35.3 Å². The van der Waals surface area contributed by atoms with Gasteiger partial charge in [0.1, 0.15) is 0 Å². The van der Waals surface area contributed by atoms with E-state index in [9.17, 15) is 5.11 Å². The van der Waals surface area contributed by atoms with Gasteiger partial charge >= 0.3 is 0 Å². The zero-order chi connectivity index (χ0) is 13.1. The molecule has 0 aliphatic carbocycles. The number of nitrogens with zero attached hydrogens (tertiary/aromatic N) is 2. The summed E-state index contributed by atoms with van der Waals surface area (Å²) in [6.07, 6.45) is 2.02. The maximum Gasteiger partial charge on any atom is 0.172 e. The monoisotopic (exact) mass is 249 g/mol. The zero-order valence-electron chi connectivity index (χ0n) is 10.5. The van der Waals surface area contributed by atoms with E-state index in [1.807, 2.05) is 25.1 Å². The van der Waals surface area contributed by atoms with Gasteiger partial charge in [-0.1, -0.05) is 17.3 Å². The van der Waals surface area contributed by atoms with Gasteiger partial charge < -0.3 is 20.9 Å². The fourth-order valence-corrected chi connectivity index (χ4v) is 2.62. The third kappa shape index (κ3) is 2.13. The van der Waals surface area contributed by atoms with Crippen molar-refractivity contribution in [3.63, 3.8) is 0 Å². The molecule has 1 aliphatic rings. The SMILES string of the molecule is Cc1cccc(/C(N)=N/O)c1N1CCCC1CO. The minimum Gasteiger partial charge on any atom is -0.409 e. The summed E-state index contributed by atoms with van der Waals surface area (Å²) in [6.45, 7) is 3.02. The number of rotatable bonds is 3. The van der Waals surface area contributed by atoms with Crippen molar-refractivity contribution in [2.24, 2.45) is 10.9 Å². The molecule has 4 N–H and O–H groups in total. The third-order valence-corrected chi connectivity index (χ3v) is 3.50. The topological polar surface area (TPSA) is 82.1 Å². The van der Waals surface area contributed by atoms with Gasteiger partial charge in [-0.2, -0.15) is 0 Å². The molecule has 5 heteroatoms. The molecule has 1 fully saturated rings. The Hall–Kier alpha value is -1.75. The molecule has 2 rings (SSSR count). The highest BCUT2D eigenvalue weighted by Crippen LogP contribution is 2.31. The highest BCUT2D eigenvalue weighted by molar-refractivity contribution is 6.02. The van der Waals surface area contributed by atoms with E-state index >= 15 is 0 Å². The van der Waals surface area contributed by atoms with Crippen molar-refractivity contribution in [1.82, 2.24) is 0 Å². The summed E-state index contributed by atoms with van der Waals surface area (Å²) in [5, 5.41) is 21.4. The van der Waals surface area contributed by atoms with Crippen LogP contribution < -0.4 is 10.6 Å². The van der Waals surface area contributed by atoms with Gasteiger partial charge in [-0.15, -0.1) is 0 Å². The lowest BCUT2D eigenvalue weighted by Gasteiger charge is -2.29. The van der Waals surface area contributed by atoms with Crippen LogP contribution in [0, 0.1) is 6.92 Å². The van der Waals surface area contributed by atoms with Crippen molar-refractivity contribution in [3.05, 3.63) is 29.3 Å². The third-order valence-electron chi connectivity index (χ3n) is 3.50. The number of para-hydroxylation sites is 1. The molecule has 5 nitrogen and oxygen atoms in total. The maximum atomic E-state index is 9.42. The number of benzene rings is 1. The number of aliphatic hydroxyl groups is 1. The smallest absolute Gasteiger partial charge is 0.172 e. The Balaban J connectivity index is 2.48. The van der Waals surface area contributed by atoms with E-state index in [4.69, 9.17) is 10.9 Å². The Bertz CT molecular complexity index is 460. The van der Waals surface area contributed by atoms with E-state index in [1.165, 1.54) is 0 Å². The Morgan fingerprint density at radius 1 is 1.56 bits per heavy atom. The summed E-state index contributed by atoms with van der Waals surface area (Å²) < 4.78 is 0. The van der Waals surface area contributed by atoms with E-state index < -0.39 is 0 Å². The predicted molar refractivity (Wildman–Crippen MR) is 71.1 cm³/mol. The molecule has 0 amide bonds. The number of amidine groups is 1.